The lowest BCUT2D eigenvalue weighted by molar-refractivity contribution is 1.31. The summed E-state index contributed by atoms with van der Waals surface area (Å²) in [6.07, 6.45) is 0. The van der Waals surface area contributed by atoms with Crippen molar-refractivity contribution in [2.75, 3.05) is 11.1 Å². The maximum absolute atomic E-state index is 5.78. The fourth-order valence-electron chi connectivity index (χ4n) is 2.10. The molecule has 3 N–H and O–H groups in total. The second-order valence-electron chi connectivity index (χ2n) is 4.60. The number of aryl methyl sites for hydroxylation is 1. The minimum Gasteiger partial charge on any atom is -0.399 e. The molecule has 2 aromatic carbocycles. The van der Waals surface area contributed by atoms with Crippen LogP contribution in [0.2, 0.25) is 0 Å². The van der Waals surface area contributed by atoms with E-state index >= 15 is 0 Å². The van der Waals surface area contributed by atoms with Crippen molar-refractivity contribution in [3.05, 3.63) is 60.2 Å². The van der Waals surface area contributed by atoms with Crippen molar-refractivity contribution >= 4 is 28.1 Å². The monoisotopic (exact) mass is 249 g/mol. The van der Waals surface area contributed by atoms with Gasteiger partial charge in [-0.3, -0.25) is 0 Å². The molecule has 0 unspecified atom stereocenters. The number of aromatic nitrogens is 1. The van der Waals surface area contributed by atoms with Crippen molar-refractivity contribution in [3.8, 4) is 0 Å². The van der Waals surface area contributed by atoms with Crippen molar-refractivity contribution in [2.24, 2.45) is 0 Å². The largest absolute Gasteiger partial charge is 0.399 e. The third kappa shape index (κ3) is 2.36. The highest BCUT2D eigenvalue weighted by molar-refractivity contribution is 5.82. The number of nitrogens with zero attached hydrogens (tertiary/aromatic N) is 1. The van der Waals surface area contributed by atoms with Gasteiger partial charge in [0.05, 0.1) is 5.52 Å². The summed E-state index contributed by atoms with van der Waals surface area (Å²) in [5.41, 5.74) is 9.57. The number of nitrogen functional groups attached to an aromatic ring is 1. The molecule has 0 aliphatic rings. The van der Waals surface area contributed by atoms with Gasteiger partial charge in [-0.25, -0.2) is 4.98 Å². The van der Waals surface area contributed by atoms with Crippen LogP contribution in [-0.4, -0.2) is 4.98 Å². The molecule has 0 saturated heterocycles. The Morgan fingerprint density at radius 1 is 1.00 bits per heavy atom. The van der Waals surface area contributed by atoms with Crippen LogP contribution in [0.3, 0.4) is 0 Å². The lowest BCUT2D eigenvalue weighted by atomic mass is 10.1. The Hall–Kier alpha value is -2.55. The average Bonchev–Trinajstić information content (AvgIpc) is 2.40. The maximum atomic E-state index is 5.78. The van der Waals surface area contributed by atoms with Crippen LogP contribution in [0.15, 0.2) is 54.6 Å². The minimum atomic E-state index is 0.739. The van der Waals surface area contributed by atoms with E-state index < -0.39 is 0 Å². The van der Waals surface area contributed by atoms with Gasteiger partial charge in [0.25, 0.3) is 0 Å². The molecule has 0 amide bonds. The SMILES string of the molecule is Cc1cc2ccccc2nc1Nc1cccc(N)c1. The number of para-hydroxylation sites is 1. The average molecular weight is 249 g/mol. The van der Waals surface area contributed by atoms with Crippen molar-refractivity contribution in [1.29, 1.82) is 0 Å². The Balaban J connectivity index is 2.03. The molecule has 19 heavy (non-hydrogen) atoms. The second kappa shape index (κ2) is 4.61. The highest BCUT2D eigenvalue weighted by atomic mass is 15.0. The number of pyridine rings is 1. The van der Waals surface area contributed by atoms with Crippen LogP contribution in [0.1, 0.15) is 5.56 Å². The number of fused-ring (bicyclic) bond motifs is 1. The van der Waals surface area contributed by atoms with Crippen LogP contribution in [-0.2, 0) is 0 Å². The van der Waals surface area contributed by atoms with E-state index in [4.69, 9.17) is 5.73 Å². The standard InChI is InChI=1S/C16H15N3/c1-11-9-12-5-2-3-8-15(12)19-16(11)18-14-7-4-6-13(17)10-14/h2-10H,17H2,1H3,(H,18,19). The van der Waals surface area contributed by atoms with Crippen LogP contribution in [0.5, 0.6) is 0 Å². The molecule has 0 aliphatic carbocycles. The molecule has 3 nitrogen and oxygen atoms in total. The van der Waals surface area contributed by atoms with E-state index in [0.29, 0.717) is 0 Å². The summed E-state index contributed by atoms with van der Waals surface area (Å²) < 4.78 is 0. The Kier molecular flexibility index (Phi) is 2.80. The van der Waals surface area contributed by atoms with E-state index in [2.05, 4.69) is 22.4 Å². The van der Waals surface area contributed by atoms with E-state index in [9.17, 15) is 0 Å². The van der Waals surface area contributed by atoms with Gasteiger partial charge in [-0.05, 0) is 42.8 Å². The van der Waals surface area contributed by atoms with Crippen LogP contribution in [0, 0.1) is 6.92 Å². The molecule has 0 spiro atoms. The summed E-state index contributed by atoms with van der Waals surface area (Å²) >= 11 is 0. The fourth-order valence-corrected chi connectivity index (χ4v) is 2.10. The molecule has 0 radical (unpaired) electrons. The summed E-state index contributed by atoms with van der Waals surface area (Å²) in [6, 6.07) is 17.9. The summed E-state index contributed by atoms with van der Waals surface area (Å²) in [6.45, 7) is 2.05. The molecule has 0 bridgehead atoms. The topological polar surface area (TPSA) is 50.9 Å². The molecule has 0 saturated carbocycles. The Labute approximate surface area is 112 Å². The molecular weight excluding hydrogens is 234 g/mol. The highest BCUT2D eigenvalue weighted by Gasteiger charge is 2.03. The predicted octanol–water partition coefficient (Wildman–Crippen LogP) is 3.87. The zero-order chi connectivity index (χ0) is 13.2. The fraction of sp³-hybridized carbons (Fsp3) is 0.0625. The third-order valence-corrected chi connectivity index (χ3v) is 3.06. The highest BCUT2D eigenvalue weighted by Crippen LogP contribution is 2.23. The first-order valence-corrected chi connectivity index (χ1v) is 6.21. The van der Waals surface area contributed by atoms with Crippen molar-refractivity contribution in [3.63, 3.8) is 0 Å². The molecular formula is C16H15N3. The van der Waals surface area contributed by atoms with Crippen LogP contribution in [0.25, 0.3) is 10.9 Å². The van der Waals surface area contributed by atoms with Crippen LogP contribution < -0.4 is 11.1 Å². The van der Waals surface area contributed by atoms with Gasteiger partial charge in [0.1, 0.15) is 5.82 Å². The maximum Gasteiger partial charge on any atom is 0.134 e. The minimum absolute atomic E-state index is 0.739. The summed E-state index contributed by atoms with van der Waals surface area (Å²) in [7, 11) is 0. The zero-order valence-electron chi connectivity index (χ0n) is 10.7. The van der Waals surface area contributed by atoms with Crippen LogP contribution >= 0.6 is 0 Å². The number of benzene rings is 2. The first kappa shape index (κ1) is 11.5. The van der Waals surface area contributed by atoms with Gasteiger partial charge < -0.3 is 11.1 Å². The van der Waals surface area contributed by atoms with Gasteiger partial charge in [0.15, 0.2) is 0 Å². The molecule has 0 fully saturated rings. The molecule has 3 aromatic rings. The second-order valence-corrected chi connectivity index (χ2v) is 4.60. The number of hydrogen-bond acceptors (Lipinski definition) is 3. The van der Waals surface area contributed by atoms with E-state index in [-0.39, 0.29) is 0 Å². The first-order valence-electron chi connectivity index (χ1n) is 6.21. The van der Waals surface area contributed by atoms with Gasteiger partial charge in [0, 0.05) is 16.8 Å². The van der Waals surface area contributed by atoms with Crippen molar-refractivity contribution in [2.45, 2.75) is 6.92 Å². The molecule has 1 heterocycles. The lowest BCUT2D eigenvalue weighted by Crippen LogP contribution is -1.97. The van der Waals surface area contributed by atoms with E-state index in [1.165, 1.54) is 0 Å². The molecule has 3 rings (SSSR count). The molecule has 0 atom stereocenters. The van der Waals surface area contributed by atoms with Gasteiger partial charge in [-0.15, -0.1) is 0 Å². The van der Waals surface area contributed by atoms with Gasteiger partial charge in [0.2, 0.25) is 0 Å². The number of rotatable bonds is 2. The molecule has 1 aromatic heterocycles. The molecule has 3 heteroatoms. The lowest BCUT2D eigenvalue weighted by Gasteiger charge is -2.10. The number of nitrogens with one attached hydrogen (secondary N) is 1. The van der Waals surface area contributed by atoms with Gasteiger partial charge in [-0.2, -0.15) is 0 Å². The van der Waals surface area contributed by atoms with Crippen molar-refractivity contribution in [1.82, 2.24) is 4.98 Å². The van der Waals surface area contributed by atoms with Crippen molar-refractivity contribution < 1.29 is 0 Å². The Morgan fingerprint density at radius 2 is 1.84 bits per heavy atom. The van der Waals surface area contributed by atoms with Gasteiger partial charge >= 0.3 is 0 Å². The van der Waals surface area contributed by atoms with E-state index in [0.717, 1.165) is 33.7 Å². The summed E-state index contributed by atoms with van der Waals surface area (Å²) in [5.74, 6) is 0.865. The van der Waals surface area contributed by atoms with E-state index in [1.807, 2.05) is 49.4 Å². The summed E-state index contributed by atoms with van der Waals surface area (Å²) in [4.78, 5) is 4.65. The smallest absolute Gasteiger partial charge is 0.134 e. The zero-order valence-corrected chi connectivity index (χ0v) is 10.7. The first-order chi connectivity index (χ1) is 9.22. The Morgan fingerprint density at radius 3 is 2.68 bits per heavy atom. The molecule has 0 aliphatic heterocycles. The van der Waals surface area contributed by atoms with E-state index in [1.54, 1.807) is 0 Å². The molecule has 94 valence electrons. The Bertz CT molecular complexity index is 735. The number of anilines is 3. The van der Waals surface area contributed by atoms with Gasteiger partial charge in [-0.1, -0.05) is 24.3 Å². The van der Waals surface area contributed by atoms with Crippen LogP contribution in [0.4, 0.5) is 17.2 Å². The number of nitrogens with two attached hydrogens (primary N) is 1. The quantitative estimate of drug-likeness (QED) is 0.678. The normalized spacial score (nSPS) is 10.6. The predicted molar refractivity (Wildman–Crippen MR) is 80.6 cm³/mol. The summed E-state index contributed by atoms with van der Waals surface area (Å²) in [5, 5.41) is 4.47. The number of hydrogen-bond donors (Lipinski definition) is 2. The third-order valence-electron chi connectivity index (χ3n) is 3.06.